The highest BCUT2D eigenvalue weighted by Gasteiger charge is 2.37. The monoisotopic (exact) mass is 242 g/mol. The summed E-state index contributed by atoms with van der Waals surface area (Å²) in [6, 6.07) is 1.30. The van der Waals surface area contributed by atoms with E-state index in [-0.39, 0.29) is 11.6 Å². The first-order valence-corrected chi connectivity index (χ1v) is 4.83. The van der Waals surface area contributed by atoms with Crippen molar-refractivity contribution in [2.75, 3.05) is 14.2 Å². The Morgan fingerprint density at radius 3 is 2.53 bits per heavy atom. The largest absolute Gasteiger partial charge is 0.480 e. The van der Waals surface area contributed by atoms with Gasteiger partial charge in [-0.3, -0.25) is 4.79 Å². The van der Waals surface area contributed by atoms with Crippen molar-refractivity contribution in [3.8, 4) is 5.88 Å². The van der Waals surface area contributed by atoms with Crippen LogP contribution in [0.5, 0.6) is 5.88 Å². The molecule has 0 aliphatic heterocycles. The second-order valence-electron chi connectivity index (χ2n) is 3.96. The zero-order chi connectivity index (χ0) is 13.2. The lowest BCUT2D eigenvalue weighted by molar-refractivity contribution is -0.147. The van der Waals surface area contributed by atoms with E-state index in [9.17, 15) is 9.59 Å². The van der Waals surface area contributed by atoms with Crippen LogP contribution in [0.1, 0.15) is 24.4 Å². The molecule has 0 saturated carbocycles. The number of aliphatic carboxylic acids is 1. The number of carboxylic acid groups (broad SMARTS) is 1. The van der Waals surface area contributed by atoms with E-state index in [0.29, 0.717) is 0 Å². The molecule has 0 saturated heterocycles. The molecule has 94 valence electrons. The second-order valence-corrected chi connectivity index (χ2v) is 3.96. The van der Waals surface area contributed by atoms with Gasteiger partial charge in [0.15, 0.2) is 0 Å². The predicted molar refractivity (Wildman–Crippen MR) is 56.9 cm³/mol. The van der Waals surface area contributed by atoms with Crippen LogP contribution in [0.15, 0.2) is 10.6 Å². The highest BCUT2D eigenvalue weighted by molar-refractivity contribution is 5.95. The number of methoxy groups -OCH3 is 1. The Hall–Kier alpha value is -2.05. The molecule has 0 spiro atoms. The third-order valence-corrected chi connectivity index (χ3v) is 2.57. The Morgan fingerprint density at radius 1 is 1.53 bits per heavy atom. The molecule has 7 nitrogen and oxygen atoms in total. The third-order valence-electron chi connectivity index (χ3n) is 2.57. The van der Waals surface area contributed by atoms with E-state index in [4.69, 9.17) is 14.4 Å². The van der Waals surface area contributed by atoms with Crippen LogP contribution >= 0.6 is 0 Å². The minimum Gasteiger partial charge on any atom is -0.480 e. The number of amides is 1. The average molecular weight is 242 g/mol. The molecule has 1 heterocycles. The van der Waals surface area contributed by atoms with Gasteiger partial charge in [-0.25, -0.2) is 4.79 Å². The summed E-state index contributed by atoms with van der Waals surface area (Å²) in [6.45, 7) is 2.83. The van der Waals surface area contributed by atoms with Crippen LogP contribution in [0.3, 0.4) is 0 Å². The number of rotatable bonds is 4. The Morgan fingerprint density at radius 2 is 2.12 bits per heavy atom. The lowest BCUT2D eigenvalue weighted by Gasteiger charge is -2.30. The topological polar surface area (TPSA) is 92.9 Å². The number of carboxylic acids is 1. The zero-order valence-corrected chi connectivity index (χ0v) is 10.1. The maximum absolute atomic E-state index is 11.9. The zero-order valence-electron chi connectivity index (χ0n) is 10.1. The molecule has 0 fully saturated rings. The first-order valence-electron chi connectivity index (χ1n) is 4.83. The van der Waals surface area contributed by atoms with Gasteiger partial charge in [-0.2, -0.15) is 0 Å². The smallest absolute Gasteiger partial charge is 0.329 e. The normalized spacial score (nSPS) is 11.1. The van der Waals surface area contributed by atoms with E-state index < -0.39 is 17.4 Å². The summed E-state index contributed by atoms with van der Waals surface area (Å²) in [5.41, 5.74) is -1.34. The van der Waals surface area contributed by atoms with Crippen molar-refractivity contribution in [3.63, 3.8) is 0 Å². The van der Waals surface area contributed by atoms with E-state index >= 15 is 0 Å². The number of ether oxygens (including phenoxy) is 1. The van der Waals surface area contributed by atoms with Gasteiger partial charge in [0.1, 0.15) is 5.54 Å². The first-order chi connectivity index (χ1) is 7.80. The van der Waals surface area contributed by atoms with Crippen molar-refractivity contribution >= 4 is 11.9 Å². The number of likely N-dealkylation sites (N-methyl/N-ethyl adjacent to an activating group) is 1. The van der Waals surface area contributed by atoms with Crippen LogP contribution in [-0.4, -0.2) is 46.7 Å². The fraction of sp³-hybridized carbons (Fsp3) is 0.500. The molecule has 1 N–H and O–H groups in total. The van der Waals surface area contributed by atoms with Crippen molar-refractivity contribution in [1.82, 2.24) is 10.1 Å². The summed E-state index contributed by atoms with van der Waals surface area (Å²) in [4.78, 5) is 24.0. The molecule has 1 aromatic heterocycles. The second kappa shape index (κ2) is 4.44. The van der Waals surface area contributed by atoms with E-state index in [1.165, 1.54) is 34.1 Å². The van der Waals surface area contributed by atoms with E-state index in [1.54, 1.807) is 0 Å². The van der Waals surface area contributed by atoms with Crippen molar-refractivity contribution < 1.29 is 24.0 Å². The molecular weight excluding hydrogens is 228 g/mol. The first kappa shape index (κ1) is 13.0. The lowest BCUT2D eigenvalue weighted by Crippen LogP contribution is -2.50. The molecule has 0 radical (unpaired) electrons. The maximum Gasteiger partial charge on any atom is 0.329 e. The fourth-order valence-corrected chi connectivity index (χ4v) is 1.02. The molecule has 0 bridgehead atoms. The fourth-order valence-electron chi connectivity index (χ4n) is 1.02. The molecule has 0 atom stereocenters. The van der Waals surface area contributed by atoms with Gasteiger partial charge in [0.2, 0.25) is 5.76 Å². The predicted octanol–water partition coefficient (Wildman–Crippen LogP) is 0.618. The molecule has 1 amide bonds. The summed E-state index contributed by atoms with van der Waals surface area (Å²) < 4.78 is 9.52. The average Bonchev–Trinajstić information content (AvgIpc) is 2.75. The minimum absolute atomic E-state index is 0.0707. The van der Waals surface area contributed by atoms with Gasteiger partial charge in [0, 0.05) is 7.05 Å². The number of hydrogen-bond donors (Lipinski definition) is 1. The van der Waals surface area contributed by atoms with Gasteiger partial charge in [0.25, 0.3) is 11.8 Å². The van der Waals surface area contributed by atoms with Gasteiger partial charge in [-0.1, -0.05) is 0 Å². The van der Waals surface area contributed by atoms with Gasteiger partial charge < -0.3 is 19.3 Å². The van der Waals surface area contributed by atoms with Crippen molar-refractivity contribution in [2.24, 2.45) is 0 Å². The number of nitrogens with zero attached hydrogens (tertiary/aromatic N) is 2. The van der Waals surface area contributed by atoms with E-state index in [1.807, 2.05) is 0 Å². The Labute approximate surface area is 97.9 Å². The van der Waals surface area contributed by atoms with Gasteiger partial charge in [0.05, 0.1) is 13.2 Å². The quantitative estimate of drug-likeness (QED) is 0.831. The Balaban J connectivity index is 2.94. The van der Waals surface area contributed by atoms with Crippen LogP contribution in [0.2, 0.25) is 0 Å². The number of aromatic nitrogens is 1. The van der Waals surface area contributed by atoms with Gasteiger partial charge in [-0.05, 0) is 19.0 Å². The molecule has 0 aliphatic carbocycles. The lowest BCUT2D eigenvalue weighted by atomic mass is 10.0. The van der Waals surface area contributed by atoms with E-state index in [0.717, 1.165) is 4.90 Å². The summed E-state index contributed by atoms with van der Waals surface area (Å²) in [6.07, 6.45) is 0. The van der Waals surface area contributed by atoms with Crippen LogP contribution in [0.4, 0.5) is 0 Å². The molecule has 0 aliphatic rings. The van der Waals surface area contributed by atoms with Crippen molar-refractivity contribution in [1.29, 1.82) is 0 Å². The highest BCUT2D eigenvalue weighted by atomic mass is 16.5. The molecule has 7 heteroatoms. The van der Waals surface area contributed by atoms with Crippen LogP contribution in [0, 0.1) is 0 Å². The highest BCUT2D eigenvalue weighted by Crippen LogP contribution is 2.18. The number of carbonyl (C=O) groups is 2. The van der Waals surface area contributed by atoms with Crippen LogP contribution < -0.4 is 4.74 Å². The summed E-state index contributed by atoms with van der Waals surface area (Å²) in [5.74, 6) is -1.60. The number of hydrogen-bond acceptors (Lipinski definition) is 5. The molecule has 1 rings (SSSR count). The van der Waals surface area contributed by atoms with Crippen LogP contribution in [-0.2, 0) is 4.79 Å². The minimum atomic E-state index is -1.34. The van der Waals surface area contributed by atoms with E-state index in [2.05, 4.69) is 5.16 Å². The molecule has 0 aromatic carbocycles. The summed E-state index contributed by atoms with van der Waals surface area (Å²) >= 11 is 0. The number of carbonyl (C=O) groups excluding carboxylic acids is 1. The van der Waals surface area contributed by atoms with Gasteiger partial charge >= 0.3 is 5.97 Å². The summed E-state index contributed by atoms with van der Waals surface area (Å²) in [5, 5.41) is 12.5. The van der Waals surface area contributed by atoms with Gasteiger partial charge in [-0.15, -0.1) is 0 Å². The summed E-state index contributed by atoms with van der Waals surface area (Å²) in [7, 11) is 2.77. The third kappa shape index (κ3) is 2.38. The van der Waals surface area contributed by atoms with Crippen LogP contribution in [0.25, 0.3) is 0 Å². The Kier molecular flexibility index (Phi) is 3.40. The van der Waals surface area contributed by atoms with Crippen molar-refractivity contribution in [2.45, 2.75) is 19.4 Å². The Bertz CT molecular complexity index is 438. The molecule has 0 unspecified atom stereocenters. The SMILES string of the molecule is COc1cc(C(=O)N(C)C(C)(C)C(=O)O)on1. The maximum atomic E-state index is 11.9. The van der Waals surface area contributed by atoms with Crippen molar-refractivity contribution in [3.05, 3.63) is 11.8 Å². The standard InChI is InChI=1S/C10H14N2O5/c1-10(2,9(14)15)12(3)8(13)6-5-7(16-4)11-17-6/h5H,1-4H3,(H,14,15). The molecular formula is C10H14N2O5. The molecule has 17 heavy (non-hydrogen) atoms. The molecule has 1 aromatic rings.